The van der Waals surface area contributed by atoms with Crippen molar-refractivity contribution in [2.24, 2.45) is 0 Å². The predicted octanol–water partition coefficient (Wildman–Crippen LogP) is 5.10. The average Bonchev–Trinajstić information content (AvgIpc) is 3.58. The SMILES string of the molecule is N#CC(C#N)c1sc(/C=C/c2cc[n+](CCOC(=O)CCCCC3CCSS3)cc2)cc1COCCO. The fourth-order valence-electron chi connectivity index (χ4n) is 3.75. The molecule has 3 heterocycles. The first-order valence-corrected chi connectivity index (χ1v) is 15.5. The number of esters is 1. The molecule has 0 spiro atoms. The number of nitrogens with zero attached hydrogens (tertiary/aromatic N) is 3. The molecule has 0 saturated carbocycles. The van der Waals surface area contributed by atoms with Crippen LogP contribution in [0.2, 0.25) is 0 Å². The normalized spacial score (nSPS) is 15.2. The van der Waals surface area contributed by atoms with Gasteiger partial charge >= 0.3 is 5.97 Å². The van der Waals surface area contributed by atoms with E-state index in [9.17, 15) is 15.3 Å². The maximum absolute atomic E-state index is 12.0. The largest absolute Gasteiger partial charge is 0.459 e. The summed E-state index contributed by atoms with van der Waals surface area (Å²) < 4.78 is 12.8. The topological polar surface area (TPSA) is 107 Å². The van der Waals surface area contributed by atoms with E-state index < -0.39 is 5.92 Å². The zero-order chi connectivity index (χ0) is 26.3. The Labute approximate surface area is 230 Å². The third-order valence-electron chi connectivity index (χ3n) is 5.73. The van der Waals surface area contributed by atoms with Crippen LogP contribution in [0.1, 0.15) is 58.9 Å². The second-order valence-corrected chi connectivity index (χ2v) is 12.4. The van der Waals surface area contributed by atoms with Crippen LogP contribution in [0.5, 0.6) is 0 Å². The molecule has 196 valence electrons. The number of carbonyl (C=O) groups is 1. The fourth-order valence-corrected chi connectivity index (χ4v) is 7.84. The number of hydrogen-bond acceptors (Lipinski definition) is 9. The van der Waals surface area contributed by atoms with Crippen molar-refractivity contribution >= 4 is 51.0 Å². The third-order valence-corrected chi connectivity index (χ3v) is 9.94. The number of unbranched alkanes of at least 4 members (excludes halogenated alkanes) is 1. The van der Waals surface area contributed by atoms with E-state index in [2.05, 4.69) is 0 Å². The van der Waals surface area contributed by atoms with Crippen LogP contribution in [0.3, 0.4) is 0 Å². The number of carbonyl (C=O) groups excluding carboxylic acids is 1. The number of rotatable bonds is 15. The van der Waals surface area contributed by atoms with Gasteiger partial charge in [0.2, 0.25) is 0 Å². The van der Waals surface area contributed by atoms with E-state index in [1.807, 2.05) is 81.0 Å². The Morgan fingerprint density at radius 2 is 2.03 bits per heavy atom. The third kappa shape index (κ3) is 10.1. The van der Waals surface area contributed by atoms with Gasteiger partial charge in [0.25, 0.3) is 0 Å². The fraction of sp³-hybridized carbons (Fsp3) is 0.481. The minimum Gasteiger partial charge on any atom is -0.459 e. The molecule has 37 heavy (non-hydrogen) atoms. The Morgan fingerprint density at radius 1 is 1.22 bits per heavy atom. The van der Waals surface area contributed by atoms with E-state index >= 15 is 0 Å². The lowest BCUT2D eigenvalue weighted by Gasteiger charge is -2.06. The van der Waals surface area contributed by atoms with Gasteiger partial charge in [-0.15, -0.1) is 11.3 Å². The molecule has 1 aliphatic heterocycles. The van der Waals surface area contributed by atoms with Crippen LogP contribution >= 0.6 is 32.9 Å². The maximum atomic E-state index is 12.0. The number of aliphatic hydroxyl groups excluding tert-OH is 1. The van der Waals surface area contributed by atoms with Gasteiger partial charge in [-0.05, 0) is 42.5 Å². The van der Waals surface area contributed by atoms with Gasteiger partial charge in [-0.2, -0.15) is 10.5 Å². The highest BCUT2D eigenvalue weighted by atomic mass is 33.1. The molecule has 0 aliphatic carbocycles. The zero-order valence-corrected chi connectivity index (χ0v) is 23.2. The quantitative estimate of drug-likeness (QED) is 0.139. The predicted molar refractivity (Wildman–Crippen MR) is 148 cm³/mol. The minimum atomic E-state index is -0.847. The molecule has 2 aromatic heterocycles. The molecule has 1 aliphatic rings. The molecular weight excluding hydrogens is 527 g/mol. The standard InChI is InChI=1S/C27H32N3O4S3/c28-18-23(19-29)27-22(20-33-15-13-31)17-25(36-27)6-5-21-7-10-30(11-8-21)12-14-34-26(32)4-2-1-3-24-9-16-35-37-24/h5-8,10-11,17,23-24,31H,1-4,9,12-16,20H2/q+1/b6-5+. The van der Waals surface area contributed by atoms with Crippen LogP contribution in [-0.4, -0.2) is 41.9 Å². The van der Waals surface area contributed by atoms with Gasteiger partial charge < -0.3 is 14.6 Å². The van der Waals surface area contributed by atoms with Crippen molar-refractivity contribution in [1.29, 1.82) is 10.5 Å². The van der Waals surface area contributed by atoms with Crippen LogP contribution in [-0.2, 0) is 27.4 Å². The molecule has 1 saturated heterocycles. The van der Waals surface area contributed by atoms with Crippen molar-refractivity contribution in [3.8, 4) is 12.1 Å². The first-order chi connectivity index (χ1) is 18.1. The molecule has 10 heteroatoms. The molecule has 7 nitrogen and oxygen atoms in total. The summed E-state index contributed by atoms with van der Waals surface area (Å²) in [4.78, 5) is 13.6. The van der Waals surface area contributed by atoms with E-state index in [1.165, 1.54) is 29.9 Å². The maximum Gasteiger partial charge on any atom is 0.306 e. The lowest BCUT2D eigenvalue weighted by atomic mass is 10.1. The number of nitriles is 2. The van der Waals surface area contributed by atoms with Gasteiger partial charge in [0.15, 0.2) is 31.5 Å². The van der Waals surface area contributed by atoms with E-state index in [0.717, 1.165) is 34.1 Å². The van der Waals surface area contributed by atoms with Crippen LogP contribution < -0.4 is 4.57 Å². The van der Waals surface area contributed by atoms with Crippen LogP contribution in [0, 0.1) is 22.7 Å². The number of thiophene rings is 1. The van der Waals surface area contributed by atoms with Gasteiger partial charge in [-0.25, -0.2) is 4.57 Å². The second-order valence-electron chi connectivity index (χ2n) is 8.50. The summed E-state index contributed by atoms with van der Waals surface area (Å²) in [5.41, 5.74) is 1.79. The highest BCUT2D eigenvalue weighted by Crippen LogP contribution is 2.39. The Kier molecular flexibility index (Phi) is 13.0. The Hall–Kier alpha value is -2.34. The van der Waals surface area contributed by atoms with Crippen molar-refractivity contribution in [2.75, 3.05) is 25.6 Å². The first kappa shape index (κ1) is 29.2. The zero-order valence-electron chi connectivity index (χ0n) is 20.7. The van der Waals surface area contributed by atoms with Gasteiger partial charge in [-0.3, -0.25) is 4.79 Å². The van der Waals surface area contributed by atoms with Gasteiger partial charge in [-0.1, -0.05) is 34.1 Å². The van der Waals surface area contributed by atoms with Crippen molar-refractivity contribution in [3.05, 3.63) is 51.5 Å². The number of aliphatic hydroxyl groups is 1. The van der Waals surface area contributed by atoms with Crippen molar-refractivity contribution in [1.82, 2.24) is 0 Å². The Morgan fingerprint density at radius 3 is 2.73 bits per heavy atom. The van der Waals surface area contributed by atoms with E-state index in [4.69, 9.17) is 14.6 Å². The molecule has 0 aromatic carbocycles. The summed E-state index contributed by atoms with van der Waals surface area (Å²) in [7, 11) is 3.94. The first-order valence-electron chi connectivity index (χ1n) is 12.3. The molecule has 0 bridgehead atoms. The molecule has 0 amide bonds. The Bertz CT molecular complexity index is 1090. The average molecular weight is 559 g/mol. The monoisotopic (exact) mass is 558 g/mol. The van der Waals surface area contributed by atoms with E-state index in [0.29, 0.717) is 24.4 Å². The smallest absolute Gasteiger partial charge is 0.306 e. The lowest BCUT2D eigenvalue weighted by Crippen LogP contribution is -2.35. The van der Waals surface area contributed by atoms with Crippen molar-refractivity contribution < 1.29 is 23.9 Å². The van der Waals surface area contributed by atoms with Gasteiger partial charge in [0, 0.05) is 39.3 Å². The number of hydrogen-bond donors (Lipinski definition) is 1. The number of aromatic nitrogens is 1. The molecular formula is C27H32N3O4S3+. The molecule has 1 fully saturated rings. The van der Waals surface area contributed by atoms with Crippen molar-refractivity contribution in [2.45, 2.75) is 56.4 Å². The minimum absolute atomic E-state index is 0.0816. The Balaban J connectivity index is 1.43. The summed E-state index contributed by atoms with van der Waals surface area (Å²) in [5.74, 6) is 0.276. The van der Waals surface area contributed by atoms with E-state index in [-0.39, 0.29) is 25.8 Å². The summed E-state index contributed by atoms with van der Waals surface area (Å²) in [5, 5.41) is 28.3. The van der Waals surface area contributed by atoms with Crippen molar-refractivity contribution in [3.63, 3.8) is 0 Å². The second kappa shape index (κ2) is 16.5. The molecule has 2 aromatic rings. The van der Waals surface area contributed by atoms with Crippen LogP contribution in [0.4, 0.5) is 0 Å². The summed E-state index contributed by atoms with van der Waals surface area (Å²) in [6.07, 6.45) is 12.7. The van der Waals surface area contributed by atoms with Crippen LogP contribution in [0.25, 0.3) is 12.2 Å². The molecule has 1 atom stereocenters. The summed E-state index contributed by atoms with van der Waals surface area (Å²) >= 11 is 1.39. The van der Waals surface area contributed by atoms with Gasteiger partial charge in [0.05, 0.1) is 32.0 Å². The van der Waals surface area contributed by atoms with Gasteiger partial charge in [0.1, 0.15) is 0 Å². The lowest BCUT2D eigenvalue weighted by molar-refractivity contribution is -0.697. The molecule has 0 radical (unpaired) electrons. The van der Waals surface area contributed by atoms with Crippen LogP contribution in [0.15, 0.2) is 30.6 Å². The molecule has 1 unspecified atom stereocenters. The molecule has 1 N–H and O–H groups in total. The van der Waals surface area contributed by atoms with E-state index in [1.54, 1.807) is 0 Å². The summed E-state index contributed by atoms with van der Waals surface area (Å²) in [6.45, 7) is 1.32. The highest BCUT2D eigenvalue weighted by Gasteiger charge is 2.18. The number of pyridine rings is 1. The number of ether oxygens (including phenoxy) is 2. The summed E-state index contributed by atoms with van der Waals surface area (Å²) in [6, 6.07) is 9.92. The molecule has 3 rings (SSSR count). The highest BCUT2D eigenvalue weighted by molar-refractivity contribution is 8.77.